The lowest BCUT2D eigenvalue weighted by Crippen LogP contribution is -2.65. The van der Waals surface area contributed by atoms with Crippen molar-refractivity contribution >= 4 is 35.6 Å². The molecule has 2 heterocycles. The summed E-state index contributed by atoms with van der Waals surface area (Å²) in [7, 11) is 1.41. The monoisotopic (exact) mass is 373 g/mol. The zero-order valence-electron chi connectivity index (χ0n) is 14.1. The van der Waals surface area contributed by atoms with Crippen LogP contribution in [0.5, 0.6) is 0 Å². The third-order valence-electron chi connectivity index (χ3n) is 3.52. The highest BCUT2D eigenvalue weighted by Gasteiger charge is 2.54. The molecular formula is C15H19NO8S. The predicted molar refractivity (Wildman–Crippen MR) is 85.1 cm³/mol. The van der Waals surface area contributed by atoms with E-state index in [1.807, 2.05) is 0 Å². The minimum Gasteiger partial charge on any atom is -0.463 e. The van der Waals surface area contributed by atoms with Gasteiger partial charge in [-0.1, -0.05) is 0 Å². The van der Waals surface area contributed by atoms with Gasteiger partial charge in [0.2, 0.25) is 0 Å². The van der Waals surface area contributed by atoms with Gasteiger partial charge in [-0.15, -0.1) is 11.8 Å². The average molecular weight is 373 g/mol. The molecule has 0 radical (unpaired) electrons. The number of β-lactam (4-membered cyclic amide) rings is 1. The van der Waals surface area contributed by atoms with Crippen LogP contribution in [0, 0.1) is 0 Å². The predicted octanol–water partition coefficient (Wildman–Crippen LogP) is -0.160. The van der Waals surface area contributed by atoms with Crippen LogP contribution < -0.4 is 0 Å². The standard InChI is InChI=1S/C15H19NO8S/c1-4-22-10(18)6-24-15(20)11-9(5-23-8(2)17)7-25-14-12(21-3)13(19)16(11)14/h12,14H,4-7H2,1-3H3/t12-,14?/m1/s1. The highest BCUT2D eigenvalue weighted by Crippen LogP contribution is 2.41. The Morgan fingerprint density at radius 3 is 2.56 bits per heavy atom. The first-order valence-electron chi connectivity index (χ1n) is 7.56. The molecule has 2 aliphatic rings. The Hall–Kier alpha value is -2.07. The molecular weight excluding hydrogens is 354 g/mol. The number of amides is 1. The lowest BCUT2D eigenvalue weighted by Gasteiger charge is -2.48. The number of hydrogen-bond donors (Lipinski definition) is 0. The first-order chi connectivity index (χ1) is 11.9. The molecule has 0 saturated carbocycles. The van der Waals surface area contributed by atoms with E-state index >= 15 is 0 Å². The maximum absolute atomic E-state index is 12.4. The molecule has 10 heteroatoms. The Kier molecular flexibility index (Phi) is 6.43. The van der Waals surface area contributed by atoms with E-state index in [1.165, 1.54) is 30.7 Å². The van der Waals surface area contributed by atoms with Gasteiger partial charge in [-0.25, -0.2) is 9.59 Å². The second kappa shape index (κ2) is 8.34. The van der Waals surface area contributed by atoms with Crippen molar-refractivity contribution in [2.45, 2.75) is 25.3 Å². The van der Waals surface area contributed by atoms with Gasteiger partial charge in [-0.3, -0.25) is 14.5 Å². The second-order valence-electron chi connectivity index (χ2n) is 5.18. The largest absolute Gasteiger partial charge is 0.463 e. The number of rotatable bonds is 7. The number of fused-ring (bicyclic) bond motifs is 1. The summed E-state index contributed by atoms with van der Waals surface area (Å²) in [6.45, 7) is 2.33. The second-order valence-corrected chi connectivity index (χ2v) is 6.28. The van der Waals surface area contributed by atoms with Crippen LogP contribution in [0.1, 0.15) is 13.8 Å². The maximum Gasteiger partial charge on any atom is 0.355 e. The van der Waals surface area contributed by atoms with Crippen molar-refractivity contribution < 1.29 is 38.1 Å². The fourth-order valence-corrected chi connectivity index (χ4v) is 3.77. The van der Waals surface area contributed by atoms with Crippen molar-refractivity contribution in [3.05, 3.63) is 11.3 Å². The zero-order valence-corrected chi connectivity index (χ0v) is 14.9. The lowest BCUT2D eigenvalue weighted by molar-refractivity contribution is -0.165. The first-order valence-corrected chi connectivity index (χ1v) is 8.61. The van der Waals surface area contributed by atoms with Crippen LogP contribution in [-0.4, -0.2) is 72.9 Å². The number of ether oxygens (including phenoxy) is 4. The van der Waals surface area contributed by atoms with Crippen LogP contribution in [0.15, 0.2) is 11.3 Å². The summed E-state index contributed by atoms with van der Waals surface area (Å²) in [6.07, 6.45) is -0.645. The molecule has 0 N–H and O–H groups in total. The molecule has 1 fully saturated rings. The number of esters is 3. The number of nitrogens with zero attached hydrogens (tertiary/aromatic N) is 1. The highest BCUT2D eigenvalue weighted by molar-refractivity contribution is 8.00. The maximum atomic E-state index is 12.4. The van der Waals surface area contributed by atoms with Crippen LogP contribution in [0.3, 0.4) is 0 Å². The summed E-state index contributed by atoms with van der Waals surface area (Å²) >= 11 is 1.39. The molecule has 1 amide bonds. The molecule has 138 valence electrons. The van der Waals surface area contributed by atoms with Crippen LogP contribution in [0.25, 0.3) is 0 Å². The third-order valence-corrected chi connectivity index (χ3v) is 4.84. The van der Waals surface area contributed by atoms with Gasteiger partial charge in [0, 0.05) is 25.4 Å². The summed E-state index contributed by atoms with van der Waals surface area (Å²) in [4.78, 5) is 48.3. The van der Waals surface area contributed by atoms with E-state index in [0.29, 0.717) is 11.3 Å². The number of carbonyl (C=O) groups excluding carboxylic acids is 4. The van der Waals surface area contributed by atoms with Crippen LogP contribution in [0.2, 0.25) is 0 Å². The number of methoxy groups -OCH3 is 1. The van der Waals surface area contributed by atoms with Gasteiger partial charge >= 0.3 is 17.9 Å². The summed E-state index contributed by atoms with van der Waals surface area (Å²) in [5, 5.41) is -0.358. The number of carbonyl (C=O) groups is 4. The molecule has 0 aromatic rings. The molecule has 0 aliphatic carbocycles. The summed E-state index contributed by atoms with van der Waals surface area (Å²) < 4.78 is 19.7. The van der Waals surface area contributed by atoms with Crippen molar-refractivity contribution in [3.8, 4) is 0 Å². The third kappa shape index (κ3) is 4.13. The van der Waals surface area contributed by atoms with E-state index in [9.17, 15) is 19.2 Å². The molecule has 9 nitrogen and oxygen atoms in total. The van der Waals surface area contributed by atoms with E-state index < -0.39 is 30.6 Å². The average Bonchev–Trinajstić information content (AvgIpc) is 2.57. The van der Waals surface area contributed by atoms with Crippen molar-refractivity contribution in [3.63, 3.8) is 0 Å². The fourth-order valence-electron chi connectivity index (χ4n) is 2.42. The topological polar surface area (TPSA) is 108 Å². The molecule has 2 aliphatic heterocycles. The molecule has 0 aromatic carbocycles. The van der Waals surface area contributed by atoms with Gasteiger partial charge in [0.1, 0.15) is 17.7 Å². The minimum atomic E-state index is -0.844. The Labute approximate surface area is 148 Å². The fraction of sp³-hybridized carbons (Fsp3) is 0.600. The summed E-state index contributed by atoms with van der Waals surface area (Å²) in [6, 6.07) is 0. The van der Waals surface area contributed by atoms with Crippen molar-refractivity contribution in [1.82, 2.24) is 4.90 Å². The Morgan fingerprint density at radius 2 is 1.96 bits per heavy atom. The van der Waals surface area contributed by atoms with E-state index in [0.717, 1.165) is 0 Å². The van der Waals surface area contributed by atoms with Gasteiger partial charge in [-0.2, -0.15) is 0 Å². The first kappa shape index (κ1) is 19.3. The van der Waals surface area contributed by atoms with Gasteiger partial charge < -0.3 is 18.9 Å². The SMILES string of the molecule is CCOC(=O)COC(=O)C1=C(COC(C)=O)CSC2[C@H](OC)C(=O)N12. The molecule has 0 aromatic heterocycles. The van der Waals surface area contributed by atoms with Gasteiger partial charge in [0.05, 0.1) is 6.61 Å². The lowest BCUT2D eigenvalue weighted by atomic mass is 10.1. The smallest absolute Gasteiger partial charge is 0.355 e. The summed E-state index contributed by atoms with van der Waals surface area (Å²) in [5.41, 5.74) is 0.431. The van der Waals surface area contributed by atoms with Crippen LogP contribution in [0.4, 0.5) is 0 Å². The Balaban J connectivity index is 2.18. The molecule has 1 unspecified atom stereocenters. The normalized spacial score (nSPS) is 22.0. The minimum absolute atomic E-state index is 0.00685. The molecule has 1 saturated heterocycles. The quantitative estimate of drug-likeness (QED) is 0.342. The van der Waals surface area contributed by atoms with Gasteiger partial charge in [0.15, 0.2) is 12.7 Å². The van der Waals surface area contributed by atoms with Gasteiger partial charge in [0.25, 0.3) is 5.91 Å². The van der Waals surface area contributed by atoms with Crippen molar-refractivity contribution in [2.24, 2.45) is 0 Å². The van der Waals surface area contributed by atoms with Crippen LogP contribution >= 0.6 is 11.8 Å². The van der Waals surface area contributed by atoms with E-state index in [4.69, 9.17) is 18.9 Å². The van der Waals surface area contributed by atoms with Crippen LogP contribution in [-0.2, 0) is 38.1 Å². The number of thioether (sulfide) groups is 1. The Morgan fingerprint density at radius 1 is 1.24 bits per heavy atom. The van der Waals surface area contributed by atoms with Gasteiger partial charge in [-0.05, 0) is 6.92 Å². The zero-order chi connectivity index (χ0) is 18.6. The highest BCUT2D eigenvalue weighted by atomic mass is 32.2. The molecule has 0 bridgehead atoms. The van der Waals surface area contributed by atoms with Crippen molar-refractivity contribution in [1.29, 1.82) is 0 Å². The van der Waals surface area contributed by atoms with E-state index in [1.54, 1.807) is 6.92 Å². The van der Waals surface area contributed by atoms with E-state index in [-0.39, 0.29) is 30.2 Å². The molecule has 2 rings (SSSR count). The molecule has 25 heavy (non-hydrogen) atoms. The molecule has 2 atom stereocenters. The van der Waals surface area contributed by atoms with Crippen molar-refractivity contribution in [2.75, 3.05) is 32.7 Å². The Bertz CT molecular complexity index is 617. The summed E-state index contributed by atoms with van der Waals surface area (Å²) in [5.74, 6) is -2.06. The number of hydrogen-bond acceptors (Lipinski definition) is 9. The van der Waals surface area contributed by atoms with E-state index in [2.05, 4.69) is 0 Å². The molecule has 0 spiro atoms.